The number of ether oxygens (including phenoxy) is 1. The number of sulfonamides is 1. The summed E-state index contributed by atoms with van der Waals surface area (Å²) in [4.78, 5) is -0.371. The molecule has 1 unspecified atom stereocenters. The second-order valence-electron chi connectivity index (χ2n) is 4.49. The van der Waals surface area contributed by atoms with Crippen LogP contribution in [0, 0.1) is 5.92 Å². The van der Waals surface area contributed by atoms with Crippen LogP contribution in [0.4, 0.5) is 0 Å². The predicted molar refractivity (Wildman–Crippen MR) is 73.6 cm³/mol. The Bertz CT molecular complexity index is 681. The highest BCUT2D eigenvalue weighted by Crippen LogP contribution is 2.19. The lowest BCUT2D eigenvalue weighted by Crippen LogP contribution is -2.29. The first kappa shape index (κ1) is 15.7. The molecular weight excluding hydrogens is 326 g/mol. The standard InChI is InChI=1S/C11H14ClNO5S2/c12-19(14,15)10-2-1-3-11(6-10)20(16,17)13-7-9-4-5-18-8-9/h1-3,6,9,13H,4-5,7-8H2. The Hall–Kier alpha value is -0.670. The summed E-state index contributed by atoms with van der Waals surface area (Å²) in [6, 6.07) is 4.93. The molecular formula is C11H14ClNO5S2. The smallest absolute Gasteiger partial charge is 0.261 e. The molecule has 9 heteroatoms. The van der Waals surface area contributed by atoms with E-state index < -0.39 is 19.1 Å². The van der Waals surface area contributed by atoms with Crippen LogP contribution in [0.3, 0.4) is 0 Å². The minimum absolute atomic E-state index is 0.127. The van der Waals surface area contributed by atoms with Crippen LogP contribution in [0.5, 0.6) is 0 Å². The van der Waals surface area contributed by atoms with Gasteiger partial charge in [-0.3, -0.25) is 0 Å². The van der Waals surface area contributed by atoms with E-state index in [1.54, 1.807) is 0 Å². The summed E-state index contributed by atoms with van der Waals surface area (Å²) in [5.41, 5.74) is 0. The van der Waals surface area contributed by atoms with Crippen molar-refractivity contribution in [2.75, 3.05) is 19.8 Å². The summed E-state index contributed by atoms with van der Waals surface area (Å²) < 4.78 is 54.2. The summed E-state index contributed by atoms with van der Waals surface area (Å²) in [5, 5.41) is 0. The van der Waals surface area contributed by atoms with Crippen LogP contribution in [-0.4, -0.2) is 36.6 Å². The maximum Gasteiger partial charge on any atom is 0.261 e. The number of halogens is 1. The van der Waals surface area contributed by atoms with Gasteiger partial charge < -0.3 is 4.74 Å². The van der Waals surface area contributed by atoms with E-state index in [1.165, 1.54) is 18.2 Å². The molecule has 2 rings (SSSR count). The third kappa shape index (κ3) is 3.92. The lowest BCUT2D eigenvalue weighted by molar-refractivity contribution is 0.186. The average Bonchev–Trinajstić information content (AvgIpc) is 2.89. The maximum atomic E-state index is 12.1. The number of hydrogen-bond acceptors (Lipinski definition) is 5. The Morgan fingerprint density at radius 3 is 2.55 bits per heavy atom. The van der Waals surface area contributed by atoms with Crippen molar-refractivity contribution >= 4 is 29.8 Å². The lowest BCUT2D eigenvalue weighted by atomic mass is 10.1. The summed E-state index contributed by atoms with van der Waals surface area (Å²) in [6.45, 7) is 1.42. The van der Waals surface area contributed by atoms with Gasteiger partial charge in [0, 0.05) is 23.8 Å². The summed E-state index contributed by atoms with van der Waals surface area (Å²) >= 11 is 0. The van der Waals surface area contributed by atoms with Crippen molar-refractivity contribution < 1.29 is 21.6 Å². The molecule has 0 spiro atoms. The van der Waals surface area contributed by atoms with Crippen LogP contribution < -0.4 is 4.72 Å². The monoisotopic (exact) mass is 339 g/mol. The molecule has 6 nitrogen and oxygen atoms in total. The first-order valence-electron chi connectivity index (χ1n) is 5.91. The predicted octanol–water partition coefficient (Wildman–Crippen LogP) is 0.929. The van der Waals surface area contributed by atoms with Gasteiger partial charge in [-0.15, -0.1) is 0 Å². The fourth-order valence-electron chi connectivity index (χ4n) is 1.85. The van der Waals surface area contributed by atoms with Gasteiger partial charge in [-0.25, -0.2) is 21.6 Å². The lowest BCUT2D eigenvalue weighted by Gasteiger charge is -2.10. The molecule has 0 aromatic heterocycles. The van der Waals surface area contributed by atoms with Crippen LogP contribution in [0.1, 0.15) is 6.42 Å². The maximum absolute atomic E-state index is 12.1. The number of rotatable bonds is 5. The van der Waals surface area contributed by atoms with Crippen LogP contribution in [0.2, 0.25) is 0 Å². The fraction of sp³-hybridized carbons (Fsp3) is 0.455. The molecule has 0 amide bonds. The molecule has 1 saturated heterocycles. The first-order valence-corrected chi connectivity index (χ1v) is 9.70. The van der Waals surface area contributed by atoms with Crippen LogP contribution in [0.25, 0.3) is 0 Å². The zero-order valence-corrected chi connectivity index (χ0v) is 12.8. The molecule has 1 aliphatic rings. The third-order valence-corrected chi connectivity index (χ3v) is 5.76. The van der Waals surface area contributed by atoms with Gasteiger partial charge in [0.15, 0.2) is 0 Å². The van der Waals surface area contributed by atoms with Crippen molar-refractivity contribution in [3.63, 3.8) is 0 Å². The normalized spacial score (nSPS) is 20.1. The highest BCUT2D eigenvalue weighted by molar-refractivity contribution is 8.13. The molecule has 1 aromatic carbocycles. The second-order valence-corrected chi connectivity index (χ2v) is 8.83. The minimum atomic E-state index is -3.96. The highest BCUT2D eigenvalue weighted by Gasteiger charge is 2.21. The van der Waals surface area contributed by atoms with Gasteiger partial charge in [0.2, 0.25) is 10.0 Å². The molecule has 20 heavy (non-hydrogen) atoms. The quantitative estimate of drug-likeness (QED) is 0.806. The van der Waals surface area contributed by atoms with E-state index >= 15 is 0 Å². The van der Waals surface area contributed by atoms with E-state index in [9.17, 15) is 16.8 Å². The molecule has 112 valence electrons. The van der Waals surface area contributed by atoms with Gasteiger partial charge in [-0.2, -0.15) is 0 Å². The number of benzene rings is 1. The average molecular weight is 340 g/mol. The molecule has 0 radical (unpaired) electrons. The Kier molecular flexibility index (Phi) is 4.70. The third-order valence-electron chi connectivity index (χ3n) is 2.98. The van der Waals surface area contributed by atoms with Gasteiger partial charge in [0.25, 0.3) is 9.05 Å². The van der Waals surface area contributed by atoms with Crippen molar-refractivity contribution in [2.45, 2.75) is 16.2 Å². The molecule has 1 heterocycles. The van der Waals surface area contributed by atoms with Crippen molar-refractivity contribution in [3.8, 4) is 0 Å². The largest absolute Gasteiger partial charge is 0.381 e. The van der Waals surface area contributed by atoms with E-state index in [0.29, 0.717) is 13.2 Å². The number of hydrogen-bond donors (Lipinski definition) is 1. The Labute approximate surface area is 122 Å². The van der Waals surface area contributed by atoms with Gasteiger partial charge in [-0.1, -0.05) is 6.07 Å². The second kappa shape index (κ2) is 5.98. The SMILES string of the molecule is O=S(=O)(Cl)c1cccc(S(=O)(=O)NCC2CCOC2)c1. The van der Waals surface area contributed by atoms with Gasteiger partial charge in [0.05, 0.1) is 16.4 Å². The van der Waals surface area contributed by atoms with Crippen LogP contribution in [-0.2, 0) is 23.8 Å². The zero-order chi connectivity index (χ0) is 14.8. The van der Waals surface area contributed by atoms with Crippen molar-refractivity contribution in [3.05, 3.63) is 24.3 Å². The van der Waals surface area contributed by atoms with Gasteiger partial charge in [0.1, 0.15) is 0 Å². The van der Waals surface area contributed by atoms with Crippen LogP contribution >= 0.6 is 10.7 Å². The molecule has 0 saturated carbocycles. The molecule has 1 aromatic rings. The van der Waals surface area contributed by atoms with Crippen molar-refractivity contribution in [2.24, 2.45) is 5.92 Å². The van der Waals surface area contributed by atoms with Gasteiger partial charge >= 0.3 is 0 Å². The molecule has 0 aliphatic carbocycles. The molecule has 1 fully saturated rings. The molecule has 1 atom stereocenters. The molecule has 0 bridgehead atoms. The first-order chi connectivity index (χ1) is 9.29. The van der Waals surface area contributed by atoms with Crippen molar-refractivity contribution in [1.29, 1.82) is 0 Å². The number of nitrogens with one attached hydrogen (secondary N) is 1. The minimum Gasteiger partial charge on any atom is -0.381 e. The van der Waals surface area contributed by atoms with E-state index in [4.69, 9.17) is 15.4 Å². The Morgan fingerprint density at radius 2 is 1.95 bits per heavy atom. The summed E-state index contributed by atoms with van der Waals surface area (Å²) in [6.07, 6.45) is 0.804. The summed E-state index contributed by atoms with van der Waals surface area (Å²) in [7, 11) is -2.51. The van der Waals surface area contributed by atoms with E-state index in [-0.39, 0.29) is 22.3 Å². The molecule has 1 N–H and O–H groups in total. The summed E-state index contributed by atoms with van der Waals surface area (Å²) in [5.74, 6) is 0.143. The van der Waals surface area contributed by atoms with Gasteiger partial charge in [-0.05, 0) is 30.5 Å². The van der Waals surface area contributed by atoms with Crippen LogP contribution in [0.15, 0.2) is 34.1 Å². The molecule has 1 aliphatic heterocycles. The van der Waals surface area contributed by atoms with E-state index in [1.807, 2.05) is 0 Å². The Morgan fingerprint density at radius 1 is 1.25 bits per heavy atom. The Balaban J connectivity index is 2.16. The topological polar surface area (TPSA) is 89.5 Å². The van der Waals surface area contributed by atoms with Crippen molar-refractivity contribution in [1.82, 2.24) is 4.72 Å². The van der Waals surface area contributed by atoms with E-state index in [2.05, 4.69) is 4.72 Å². The van der Waals surface area contributed by atoms with E-state index in [0.717, 1.165) is 12.5 Å². The zero-order valence-electron chi connectivity index (χ0n) is 10.5. The highest BCUT2D eigenvalue weighted by atomic mass is 35.7. The fourth-order valence-corrected chi connectivity index (χ4v) is 3.88.